The maximum absolute atomic E-state index is 3.16. The Bertz CT molecular complexity index is 108. The highest BCUT2D eigenvalue weighted by Crippen LogP contribution is 1.97. The summed E-state index contributed by atoms with van der Waals surface area (Å²) >= 11 is 1.90. The minimum Gasteiger partial charge on any atom is -0.165 e. The van der Waals surface area contributed by atoms with E-state index < -0.39 is 0 Å². The first-order valence-corrected chi connectivity index (χ1v) is 5.25. The molecule has 0 atom stereocenters. The molecule has 0 amide bonds. The molecular formula is C9H16S. The van der Waals surface area contributed by atoms with Gasteiger partial charge < -0.3 is 0 Å². The van der Waals surface area contributed by atoms with Gasteiger partial charge in [0.25, 0.3) is 0 Å². The van der Waals surface area contributed by atoms with Crippen molar-refractivity contribution in [1.29, 1.82) is 0 Å². The molecule has 0 aliphatic heterocycles. The number of thioether (sulfide) groups is 1. The highest BCUT2D eigenvalue weighted by Gasteiger charge is 1.79. The summed E-state index contributed by atoms with van der Waals surface area (Å²) in [6.07, 6.45) is 6.73. The lowest BCUT2D eigenvalue weighted by Gasteiger charge is -1.87. The van der Waals surface area contributed by atoms with Crippen LogP contribution < -0.4 is 0 Å². The molecule has 1 heteroatoms. The van der Waals surface area contributed by atoms with Crippen LogP contribution in [0.5, 0.6) is 0 Å². The minimum absolute atomic E-state index is 1.07. The Morgan fingerprint density at radius 1 is 1.20 bits per heavy atom. The Labute approximate surface area is 68.8 Å². The number of rotatable bonds is 4. The molecule has 0 bridgehead atoms. The fraction of sp³-hybridized carbons (Fsp3) is 0.778. The summed E-state index contributed by atoms with van der Waals surface area (Å²) in [5, 5.41) is 0. The molecule has 0 aliphatic carbocycles. The van der Waals surface area contributed by atoms with Gasteiger partial charge in [-0.15, -0.1) is 11.8 Å². The summed E-state index contributed by atoms with van der Waals surface area (Å²) in [5.74, 6) is 7.54. The molecule has 0 rings (SSSR count). The molecule has 58 valence electrons. The van der Waals surface area contributed by atoms with Gasteiger partial charge in [-0.05, 0) is 24.9 Å². The van der Waals surface area contributed by atoms with Gasteiger partial charge in [0.05, 0.1) is 0 Å². The lowest BCUT2D eigenvalue weighted by molar-refractivity contribution is 0.967. The lowest BCUT2D eigenvalue weighted by atomic mass is 10.3. The summed E-state index contributed by atoms with van der Waals surface area (Å²) in [6.45, 7) is 2.16. The van der Waals surface area contributed by atoms with E-state index in [4.69, 9.17) is 0 Å². The van der Waals surface area contributed by atoms with Gasteiger partial charge in [-0.2, -0.15) is 11.8 Å². The number of hydrogen-bond donors (Lipinski definition) is 0. The van der Waals surface area contributed by atoms with E-state index in [0.717, 1.165) is 12.8 Å². The smallest absolute Gasteiger partial charge is 0.00965 e. The third-order valence-electron chi connectivity index (χ3n) is 1.15. The lowest BCUT2D eigenvalue weighted by Crippen LogP contribution is -1.75. The fourth-order valence-corrected chi connectivity index (χ4v) is 1.04. The van der Waals surface area contributed by atoms with Gasteiger partial charge in [0.15, 0.2) is 0 Å². The van der Waals surface area contributed by atoms with Crippen LogP contribution in [-0.2, 0) is 0 Å². The second-order valence-corrected chi connectivity index (χ2v) is 3.19. The summed E-state index contributed by atoms with van der Waals surface area (Å²) in [5.41, 5.74) is 0. The van der Waals surface area contributed by atoms with Crippen molar-refractivity contribution < 1.29 is 0 Å². The van der Waals surface area contributed by atoms with Crippen LogP contribution in [0.4, 0.5) is 0 Å². The summed E-state index contributed by atoms with van der Waals surface area (Å²) < 4.78 is 0. The zero-order chi connectivity index (χ0) is 7.66. The van der Waals surface area contributed by atoms with Crippen LogP contribution in [0.2, 0.25) is 0 Å². The molecule has 0 spiro atoms. The molecular weight excluding hydrogens is 140 g/mol. The maximum atomic E-state index is 3.16. The van der Waals surface area contributed by atoms with Gasteiger partial charge in [0.1, 0.15) is 0 Å². The maximum Gasteiger partial charge on any atom is 0.00965 e. The van der Waals surface area contributed by atoms with E-state index in [1.165, 1.54) is 18.6 Å². The van der Waals surface area contributed by atoms with Crippen LogP contribution in [0.25, 0.3) is 0 Å². The molecule has 0 nitrogen and oxygen atoms in total. The van der Waals surface area contributed by atoms with E-state index >= 15 is 0 Å². The first kappa shape index (κ1) is 9.91. The molecule has 0 saturated heterocycles. The van der Waals surface area contributed by atoms with Crippen molar-refractivity contribution in [3.63, 3.8) is 0 Å². The van der Waals surface area contributed by atoms with Crippen molar-refractivity contribution in [2.75, 3.05) is 12.0 Å². The summed E-state index contributed by atoms with van der Waals surface area (Å²) in [7, 11) is 0. The molecule has 0 saturated carbocycles. The number of hydrogen-bond acceptors (Lipinski definition) is 1. The first-order valence-electron chi connectivity index (χ1n) is 3.86. The zero-order valence-electron chi connectivity index (χ0n) is 6.94. The molecule has 0 aromatic rings. The summed E-state index contributed by atoms with van der Waals surface area (Å²) in [4.78, 5) is 0. The predicted molar refractivity (Wildman–Crippen MR) is 50.3 cm³/mol. The molecule has 0 aromatic carbocycles. The van der Waals surface area contributed by atoms with Gasteiger partial charge in [0.2, 0.25) is 0 Å². The zero-order valence-corrected chi connectivity index (χ0v) is 7.76. The molecule has 0 radical (unpaired) electrons. The molecule has 0 unspecified atom stereocenters. The SMILES string of the molecule is CCCC#CCCCSC. The fourth-order valence-electron chi connectivity index (χ4n) is 0.607. The van der Waals surface area contributed by atoms with Gasteiger partial charge in [-0.3, -0.25) is 0 Å². The quantitative estimate of drug-likeness (QED) is 0.445. The van der Waals surface area contributed by atoms with Crippen molar-refractivity contribution in [2.45, 2.75) is 32.6 Å². The first-order chi connectivity index (χ1) is 4.91. The Morgan fingerprint density at radius 2 is 1.90 bits per heavy atom. The normalized spacial score (nSPS) is 8.60. The third kappa shape index (κ3) is 7.91. The highest BCUT2D eigenvalue weighted by atomic mass is 32.2. The average molecular weight is 156 g/mol. The van der Waals surface area contributed by atoms with Crippen LogP contribution in [0.15, 0.2) is 0 Å². The summed E-state index contributed by atoms with van der Waals surface area (Å²) in [6, 6.07) is 0. The van der Waals surface area contributed by atoms with Crippen LogP contribution in [-0.4, -0.2) is 12.0 Å². The monoisotopic (exact) mass is 156 g/mol. The third-order valence-corrected chi connectivity index (χ3v) is 1.85. The molecule has 0 aromatic heterocycles. The van der Waals surface area contributed by atoms with Crippen molar-refractivity contribution >= 4 is 11.8 Å². The molecule has 0 fully saturated rings. The minimum atomic E-state index is 1.07. The van der Waals surface area contributed by atoms with Crippen LogP contribution in [0.1, 0.15) is 32.6 Å². The Balaban J connectivity index is 2.96. The van der Waals surface area contributed by atoms with Crippen LogP contribution in [0.3, 0.4) is 0 Å². The van der Waals surface area contributed by atoms with Crippen molar-refractivity contribution in [2.24, 2.45) is 0 Å². The second kappa shape index (κ2) is 8.91. The molecule has 0 heterocycles. The Hall–Kier alpha value is -0.0900. The molecule has 0 aliphatic rings. The van der Waals surface area contributed by atoms with E-state index in [9.17, 15) is 0 Å². The molecule has 0 N–H and O–H groups in total. The van der Waals surface area contributed by atoms with Gasteiger partial charge >= 0.3 is 0 Å². The highest BCUT2D eigenvalue weighted by molar-refractivity contribution is 7.98. The van der Waals surface area contributed by atoms with E-state index in [1.807, 2.05) is 11.8 Å². The van der Waals surface area contributed by atoms with E-state index in [-0.39, 0.29) is 0 Å². The average Bonchev–Trinajstić information content (AvgIpc) is 1.97. The van der Waals surface area contributed by atoms with Gasteiger partial charge in [-0.1, -0.05) is 6.92 Å². The van der Waals surface area contributed by atoms with Crippen LogP contribution in [0, 0.1) is 11.8 Å². The molecule has 10 heavy (non-hydrogen) atoms. The number of unbranched alkanes of at least 4 members (excludes halogenated alkanes) is 2. The van der Waals surface area contributed by atoms with E-state index in [2.05, 4.69) is 25.0 Å². The van der Waals surface area contributed by atoms with Crippen molar-refractivity contribution in [1.82, 2.24) is 0 Å². The predicted octanol–water partition coefficient (Wildman–Crippen LogP) is 2.93. The van der Waals surface area contributed by atoms with Crippen molar-refractivity contribution in [3.8, 4) is 11.8 Å². The van der Waals surface area contributed by atoms with Gasteiger partial charge in [0, 0.05) is 12.8 Å². The largest absolute Gasteiger partial charge is 0.165 e. The van der Waals surface area contributed by atoms with E-state index in [1.54, 1.807) is 0 Å². The second-order valence-electron chi connectivity index (χ2n) is 2.20. The van der Waals surface area contributed by atoms with Crippen LogP contribution >= 0.6 is 11.8 Å². The standard InChI is InChI=1S/C9H16S/c1-3-4-5-6-7-8-9-10-2/h3-4,7-9H2,1-2H3. The van der Waals surface area contributed by atoms with Gasteiger partial charge in [-0.25, -0.2) is 0 Å². The topological polar surface area (TPSA) is 0 Å². The Morgan fingerprint density at radius 3 is 2.50 bits per heavy atom. The van der Waals surface area contributed by atoms with Crippen molar-refractivity contribution in [3.05, 3.63) is 0 Å². The Kier molecular flexibility index (Phi) is 8.83. The van der Waals surface area contributed by atoms with E-state index in [0.29, 0.717) is 0 Å².